The number of hydrogen-bond acceptors (Lipinski definition) is 2. The van der Waals surface area contributed by atoms with Crippen molar-refractivity contribution in [3.8, 4) is 0 Å². The van der Waals surface area contributed by atoms with E-state index in [0.717, 1.165) is 0 Å². The quantitative estimate of drug-likeness (QED) is 0.629. The molecule has 0 aromatic carbocycles. The molecule has 0 aromatic rings. The molecule has 0 rings (SSSR count). The van der Waals surface area contributed by atoms with Gasteiger partial charge in [0.1, 0.15) is 0 Å². The van der Waals surface area contributed by atoms with E-state index in [2.05, 4.69) is 0 Å². The summed E-state index contributed by atoms with van der Waals surface area (Å²) in [4.78, 5) is 18.4. The molecule has 7 heteroatoms. The summed E-state index contributed by atoms with van der Waals surface area (Å²) in [7, 11) is 0. The van der Waals surface area contributed by atoms with Crippen molar-refractivity contribution in [2.24, 2.45) is 0 Å². The molecule has 0 heterocycles. The predicted molar refractivity (Wildman–Crippen MR) is 33.6 cm³/mol. The maximum absolute atomic E-state index is 9.18. The van der Waals surface area contributed by atoms with Gasteiger partial charge in [-0.15, -0.1) is 0 Å². The Balaban J connectivity index is -0.000000107. The summed E-state index contributed by atoms with van der Waals surface area (Å²) < 4.78 is 0. The molecule has 0 aliphatic rings. The SMILES string of the molecule is [NH-]CC(=O)O.[NH-]CC(=O)O.[Ni+2]. The first kappa shape index (κ1) is 16.8. The Morgan fingerprint density at radius 3 is 1.09 bits per heavy atom. The fourth-order valence-electron chi connectivity index (χ4n) is 0. The summed E-state index contributed by atoms with van der Waals surface area (Å²) in [5, 5.41) is 15.1. The number of nitrogens with one attached hydrogen (secondary N) is 2. The van der Waals surface area contributed by atoms with Crippen LogP contribution in [0.3, 0.4) is 0 Å². The van der Waals surface area contributed by atoms with Crippen LogP contribution in [0, 0.1) is 0 Å². The summed E-state index contributed by atoms with van der Waals surface area (Å²) in [5.41, 5.74) is 12.1. The molecule has 0 fully saturated rings. The third-order valence-corrected chi connectivity index (χ3v) is 0.302. The summed E-state index contributed by atoms with van der Waals surface area (Å²) >= 11 is 0. The minimum Gasteiger partial charge on any atom is -0.668 e. The number of carboxylic acid groups (broad SMARTS) is 2. The van der Waals surface area contributed by atoms with Crippen molar-refractivity contribution in [2.75, 3.05) is 13.1 Å². The van der Waals surface area contributed by atoms with Gasteiger partial charge in [-0.05, 0) is 0 Å². The van der Waals surface area contributed by atoms with Crippen LogP contribution in [0.1, 0.15) is 0 Å². The van der Waals surface area contributed by atoms with Gasteiger partial charge in [0.05, 0.1) is 0 Å². The molecule has 4 N–H and O–H groups in total. The maximum atomic E-state index is 9.18. The molecule has 68 valence electrons. The van der Waals surface area contributed by atoms with Crippen LogP contribution in [0.5, 0.6) is 0 Å². The third kappa shape index (κ3) is 45.0. The molecule has 0 spiro atoms. The van der Waals surface area contributed by atoms with E-state index in [1.807, 2.05) is 0 Å². The molecule has 0 bridgehead atoms. The van der Waals surface area contributed by atoms with Crippen molar-refractivity contribution in [2.45, 2.75) is 0 Å². The van der Waals surface area contributed by atoms with E-state index in [0.29, 0.717) is 0 Å². The summed E-state index contributed by atoms with van der Waals surface area (Å²) in [6.45, 7) is -1.06. The summed E-state index contributed by atoms with van der Waals surface area (Å²) in [6.07, 6.45) is 0. The van der Waals surface area contributed by atoms with Crippen LogP contribution >= 0.6 is 0 Å². The second-order valence-electron chi connectivity index (χ2n) is 1.14. The number of carbonyl (C=O) groups is 2. The van der Waals surface area contributed by atoms with Gasteiger partial charge in [-0.3, -0.25) is 9.59 Å². The molecule has 0 amide bonds. The minimum atomic E-state index is -1.08. The van der Waals surface area contributed by atoms with Crippen LogP contribution in [-0.4, -0.2) is 35.2 Å². The van der Waals surface area contributed by atoms with Gasteiger partial charge in [0, 0.05) is 0 Å². The third-order valence-electron chi connectivity index (χ3n) is 0.302. The van der Waals surface area contributed by atoms with Crippen LogP contribution in [0.4, 0.5) is 0 Å². The van der Waals surface area contributed by atoms with E-state index in [1.165, 1.54) is 0 Å². The van der Waals surface area contributed by atoms with E-state index >= 15 is 0 Å². The van der Waals surface area contributed by atoms with Gasteiger partial charge < -0.3 is 21.7 Å². The predicted octanol–water partition coefficient (Wildman–Crippen LogP) is 0.244. The zero-order valence-corrected chi connectivity index (χ0v) is 6.43. The van der Waals surface area contributed by atoms with Gasteiger partial charge in [0.25, 0.3) is 11.9 Å². The Kier molecular flexibility index (Phi) is 18.4. The molecule has 0 atom stereocenters. The second-order valence-corrected chi connectivity index (χ2v) is 1.14. The van der Waals surface area contributed by atoms with Crippen molar-refractivity contribution in [1.29, 1.82) is 0 Å². The molecule has 0 aliphatic heterocycles. The number of aliphatic carboxylic acids is 2. The first-order valence-electron chi connectivity index (χ1n) is 2.27. The van der Waals surface area contributed by atoms with Gasteiger partial charge >= 0.3 is 16.5 Å². The van der Waals surface area contributed by atoms with E-state index < -0.39 is 25.0 Å². The zero-order chi connectivity index (χ0) is 8.57. The van der Waals surface area contributed by atoms with E-state index in [1.54, 1.807) is 0 Å². The first-order chi connectivity index (χ1) is 4.54. The Morgan fingerprint density at radius 2 is 1.09 bits per heavy atom. The van der Waals surface area contributed by atoms with Gasteiger partial charge in [-0.2, -0.15) is 0 Å². The van der Waals surface area contributed by atoms with Crippen LogP contribution in [0.25, 0.3) is 11.5 Å². The maximum Gasteiger partial charge on any atom is 2.00 e. The van der Waals surface area contributed by atoms with Crippen molar-refractivity contribution < 1.29 is 36.3 Å². The Morgan fingerprint density at radius 1 is 1.00 bits per heavy atom. The van der Waals surface area contributed by atoms with Crippen molar-refractivity contribution in [1.82, 2.24) is 0 Å². The van der Waals surface area contributed by atoms with Gasteiger partial charge in [0.2, 0.25) is 0 Å². The first-order valence-corrected chi connectivity index (χ1v) is 2.27. The summed E-state index contributed by atoms with van der Waals surface area (Å²) in [5.74, 6) is -2.16. The second kappa shape index (κ2) is 12.1. The molecular formula is C4H8N2NiO4. The van der Waals surface area contributed by atoms with Gasteiger partial charge in [-0.25, -0.2) is 0 Å². The molecule has 0 radical (unpaired) electrons. The molecule has 0 unspecified atom stereocenters. The van der Waals surface area contributed by atoms with E-state index in [-0.39, 0.29) is 16.5 Å². The van der Waals surface area contributed by atoms with Gasteiger partial charge in [-0.1, -0.05) is 13.1 Å². The Hall–Kier alpha value is -0.646. The van der Waals surface area contributed by atoms with Gasteiger partial charge in [0.15, 0.2) is 0 Å². The normalized spacial score (nSPS) is 6.73. The molecule has 6 nitrogen and oxygen atoms in total. The fourth-order valence-corrected chi connectivity index (χ4v) is 0. The Labute approximate surface area is 73.5 Å². The molecule has 11 heavy (non-hydrogen) atoms. The zero-order valence-electron chi connectivity index (χ0n) is 5.44. The average Bonchev–Trinajstić information content (AvgIpc) is 1.89. The van der Waals surface area contributed by atoms with Crippen LogP contribution < -0.4 is 0 Å². The molecule has 0 aromatic heterocycles. The number of carboxylic acids is 2. The molecule has 0 saturated carbocycles. The van der Waals surface area contributed by atoms with Crippen LogP contribution in [0.2, 0.25) is 0 Å². The van der Waals surface area contributed by atoms with Crippen molar-refractivity contribution in [3.05, 3.63) is 11.5 Å². The van der Waals surface area contributed by atoms with Crippen molar-refractivity contribution in [3.63, 3.8) is 0 Å². The smallest absolute Gasteiger partial charge is 0.668 e. The fraction of sp³-hybridized carbons (Fsp3) is 0.500. The van der Waals surface area contributed by atoms with E-state index in [9.17, 15) is 9.59 Å². The largest absolute Gasteiger partial charge is 2.00 e. The number of hydrogen-bond donors (Lipinski definition) is 2. The minimum absolute atomic E-state index is 0. The average molecular weight is 207 g/mol. The molecule has 0 aliphatic carbocycles. The standard InChI is InChI=1S/2C2H4NO2.Ni/c2*3-1-2(4)5;/h2*3H,1H2,(H,4,5);/q2*-1;+2. The summed E-state index contributed by atoms with van der Waals surface area (Å²) in [6, 6.07) is 0. The Bertz CT molecular complexity index is 105. The molecular weight excluding hydrogens is 199 g/mol. The van der Waals surface area contributed by atoms with Crippen LogP contribution in [-0.2, 0) is 26.1 Å². The number of rotatable bonds is 2. The van der Waals surface area contributed by atoms with Crippen LogP contribution in [0.15, 0.2) is 0 Å². The monoisotopic (exact) mass is 206 g/mol. The topological polar surface area (TPSA) is 122 Å². The molecule has 0 saturated heterocycles. The van der Waals surface area contributed by atoms with Crippen molar-refractivity contribution >= 4 is 11.9 Å². The van der Waals surface area contributed by atoms with E-state index in [4.69, 9.17) is 21.7 Å².